The molecular formula is C10H13O2Y-. The molecule has 0 bridgehead atoms. The van der Waals surface area contributed by atoms with Crippen molar-refractivity contribution in [3.8, 4) is 0 Å². The SMILES string of the molecule is C[C@H](CO)[C@H](O)c1[c-]cccc1.[Y]. The molecule has 0 spiro atoms. The van der Waals surface area contributed by atoms with Crippen LogP contribution in [0.2, 0.25) is 0 Å². The Kier molecular flexibility index (Phi) is 6.79. The molecule has 0 aliphatic heterocycles. The van der Waals surface area contributed by atoms with Gasteiger partial charge in [0.25, 0.3) is 0 Å². The second kappa shape index (κ2) is 6.66. The summed E-state index contributed by atoms with van der Waals surface area (Å²) in [5.41, 5.74) is 0.735. The minimum Gasteiger partial charge on any atom is -0.396 e. The molecule has 1 aromatic carbocycles. The number of aliphatic hydroxyl groups is 2. The first-order valence-corrected chi connectivity index (χ1v) is 4.01. The van der Waals surface area contributed by atoms with Crippen molar-refractivity contribution < 1.29 is 42.9 Å². The second-order valence-electron chi connectivity index (χ2n) is 2.92. The first-order valence-electron chi connectivity index (χ1n) is 4.01. The zero-order valence-corrected chi connectivity index (χ0v) is 10.5. The molecule has 0 aliphatic rings. The van der Waals surface area contributed by atoms with E-state index in [4.69, 9.17) is 5.11 Å². The first-order chi connectivity index (χ1) is 5.75. The van der Waals surface area contributed by atoms with Crippen LogP contribution in [0.25, 0.3) is 0 Å². The summed E-state index contributed by atoms with van der Waals surface area (Å²) in [7, 11) is 0. The van der Waals surface area contributed by atoms with Gasteiger partial charge in [-0.3, -0.25) is 0 Å². The summed E-state index contributed by atoms with van der Waals surface area (Å²) in [6.45, 7) is 1.79. The van der Waals surface area contributed by atoms with E-state index in [9.17, 15) is 5.11 Å². The summed E-state index contributed by atoms with van der Waals surface area (Å²) in [5, 5.41) is 18.4. The Hall–Kier alpha value is 0.244. The van der Waals surface area contributed by atoms with Crippen molar-refractivity contribution in [1.29, 1.82) is 0 Å². The van der Waals surface area contributed by atoms with E-state index in [1.807, 2.05) is 12.1 Å². The summed E-state index contributed by atoms with van der Waals surface area (Å²) in [4.78, 5) is 0. The zero-order valence-electron chi connectivity index (χ0n) is 7.64. The van der Waals surface area contributed by atoms with E-state index in [1.54, 1.807) is 19.1 Å². The maximum Gasteiger partial charge on any atom is 0.0614 e. The Morgan fingerprint density at radius 2 is 2.15 bits per heavy atom. The average molecular weight is 254 g/mol. The summed E-state index contributed by atoms with van der Waals surface area (Å²) < 4.78 is 0. The van der Waals surface area contributed by atoms with E-state index in [-0.39, 0.29) is 45.2 Å². The van der Waals surface area contributed by atoms with Crippen molar-refractivity contribution >= 4 is 0 Å². The molecule has 2 atom stereocenters. The van der Waals surface area contributed by atoms with Crippen LogP contribution < -0.4 is 0 Å². The van der Waals surface area contributed by atoms with E-state index >= 15 is 0 Å². The molecule has 1 radical (unpaired) electrons. The van der Waals surface area contributed by atoms with Crippen molar-refractivity contribution in [2.75, 3.05) is 6.61 Å². The van der Waals surface area contributed by atoms with Crippen LogP contribution in [-0.4, -0.2) is 16.8 Å². The predicted octanol–water partition coefficient (Wildman–Crippen LogP) is 1.15. The van der Waals surface area contributed by atoms with Crippen molar-refractivity contribution in [2.24, 2.45) is 5.92 Å². The topological polar surface area (TPSA) is 40.5 Å². The van der Waals surface area contributed by atoms with Crippen molar-refractivity contribution in [1.82, 2.24) is 0 Å². The number of benzene rings is 1. The number of hydrogen-bond donors (Lipinski definition) is 2. The van der Waals surface area contributed by atoms with Gasteiger partial charge in [0.1, 0.15) is 0 Å². The summed E-state index contributed by atoms with van der Waals surface area (Å²) in [5.74, 6) is -0.136. The van der Waals surface area contributed by atoms with Gasteiger partial charge in [0, 0.05) is 45.2 Å². The van der Waals surface area contributed by atoms with Gasteiger partial charge in [-0.05, 0) is 0 Å². The zero-order chi connectivity index (χ0) is 8.97. The molecule has 0 fully saturated rings. The third-order valence-corrected chi connectivity index (χ3v) is 1.88. The molecule has 0 aliphatic carbocycles. The third kappa shape index (κ3) is 3.86. The Balaban J connectivity index is 0.00000144. The van der Waals surface area contributed by atoms with Gasteiger partial charge in [-0.15, -0.1) is 5.56 Å². The molecule has 2 N–H and O–H groups in total. The molecule has 2 nitrogen and oxygen atoms in total. The molecule has 0 saturated carbocycles. The molecule has 0 unspecified atom stereocenters. The Morgan fingerprint density at radius 1 is 1.46 bits per heavy atom. The van der Waals surface area contributed by atoms with Crippen LogP contribution >= 0.6 is 0 Å². The molecule has 0 amide bonds. The van der Waals surface area contributed by atoms with Gasteiger partial charge in [0.2, 0.25) is 0 Å². The van der Waals surface area contributed by atoms with E-state index < -0.39 is 6.10 Å². The molecule has 0 heterocycles. The maximum absolute atomic E-state index is 9.60. The fourth-order valence-electron chi connectivity index (χ4n) is 0.998. The monoisotopic (exact) mass is 254 g/mol. The molecule has 69 valence electrons. The molecule has 1 aromatic rings. The minimum atomic E-state index is -0.615. The van der Waals surface area contributed by atoms with Gasteiger partial charge < -0.3 is 10.2 Å². The van der Waals surface area contributed by atoms with Gasteiger partial charge in [0.05, 0.1) is 6.10 Å². The summed E-state index contributed by atoms with van der Waals surface area (Å²) >= 11 is 0. The van der Waals surface area contributed by atoms with Crippen molar-refractivity contribution in [2.45, 2.75) is 13.0 Å². The summed E-state index contributed by atoms with van der Waals surface area (Å²) in [6.07, 6.45) is -0.615. The fourth-order valence-corrected chi connectivity index (χ4v) is 0.998. The Morgan fingerprint density at radius 3 is 2.62 bits per heavy atom. The van der Waals surface area contributed by atoms with E-state index in [2.05, 4.69) is 6.07 Å². The van der Waals surface area contributed by atoms with E-state index in [0.717, 1.165) is 5.56 Å². The van der Waals surface area contributed by atoms with Crippen LogP contribution in [0, 0.1) is 12.0 Å². The van der Waals surface area contributed by atoms with Gasteiger partial charge >= 0.3 is 0 Å². The van der Waals surface area contributed by atoms with Crippen molar-refractivity contribution in [3.63, 3.8) is 0 Å². The standard InChI is InChI=1S/C10H13O2.Y/c1-8(7-11)10(12)9-5-3-2-4-6-9;/h2-5,8,10-12H,7H2,1H3;/q-1;/t8-,10+;/m1./s1. The van der Waals surface area contributed by atoms with Crippen LogP contribution in [0.1, 0.15) is 18.6 Å². The van der Waals surface area contributed by atoms with Crippen LogP contribution in [0.15, 0.2) is 24.3 Å². The normalized spacial score (nSPS) is 14.4. The van der Waals surface area contributed by atoms with E-state index in [1.165, 1.54) is 0 Å². The predicted molar refractivity (Wildman–Crippen MR) is 46.5 cm³/mol. The smallest absolute Gasteiger partial charge is 0.0614 e. The number of hydrogen-bond acceptors (Lipinski definition) is 2. The molecule has 3 heteroatoms. The quantitative estimate of drug-likeness (QED) is 0.794. The Bertz CT molecular complexity index is 226. The van der Waals surface area contributed by atoms with Crippen molar-refractivity contribution in [3.05, 3.63) is 35.9 Å². The van der Waals surface area contributed by atoms with Gasteiger partial charge in [0.15, 0.2) is 0 Å². The van der Waals surface area contributed by atoms with Crippen LogP contribution in [-0.2, 0) is 32.7 Å². The van der Waals surface area contributed by atoms with Gasteiger partial charge in [-0.25, -0.2) is 0 Å². The number of aliphatic hydroxyl groups excluding tert-OH is 2. The molecule has 1 rings (SSSR count). The Labute approximate surface area is 104 Å². The number of rotatable bonds is 3. The average Bonchev–Trinajstić information content (AvgIpc) is 2.17. The fraction of sp³-hybridized carbons (Fsp3) is 0.400. The molecule has 0 saturated heterocycles. The third-order valence-electron chi connectivity index (χ3n) is 1.88. The first kappa shape index (κ1) is 13.2. The van der Waals surface area contributed by atoms with Gasteiger partial charge in [-0.1, -0.05) is 6.92 Å². The van der Waals surface area contributed by atoms with Gasteiger partial charge in [-0.2, -0.15) is 30.3 Å². The van der Waals surface area contributed by atoms with Crippen LogP contribution in [0.3, 0.4) is 0 Å². The largest absolute Gasteiger partial charge is 0.396 e. The minimum absolute atomic E-state index is 0. The van der Waals surface area contributed by atoms with E-state index in [0.29, 0.717) is 0 Å². The van der Waals surface area contributed by atoms with Crippen LogP contribution in [0.4, 0.5) is 0 Å². The molecule has 13 heavy (non-hydrogen) atoms. The second-order valence-corrected chi connectivity index (χ2v) is 2.92. The molecular weight excluding hydrogens is 241 g/mol. The van der Waals surface area contributed by atoms with Crippen LogP contribution in [0.5, 0.6) is 0 Å². The maximum atomic E-state index is 9.60. The summed E-state index contributed by atoms with van der Waals surface area (Å²) in [6, 6.07) is 10.2. The molecule has 0 aromatic heterocycles.